The lowest BCUT2D eigenvalue weighted by Gasteiger charge is -2.07. The van der Waals surface area contributed by atoms with Crippen LogP contribution in [0.2, 0.25) is 0 Å². The molecule has 0 heterocycles. The second-order valence-corrected chi connectivity index (χ2v) is 4.81. The lowest BCUT2D eigenvalue weighted by Crippen LogP contribution is -2.04. The standard InChI is InChI=1S/C13H19NS/c1-3-4-5-9-15-13-8-6-7-12(10-13)11(2)14/h3,6-8,10-11H,1,4-5,9,14H2,2H3. The number of allylic oxidation sites excluding steroid dienone is 1. The molecule has 0 spiro atoms. The SMILES string of the molecule is C=CCCCSc1cccc(C(C)N)c1. The van der Waals surface area contributed by atoms with Crippen LogP contribution < -0.4 is 5.73 Å². The molecule has 2 heteroatoms. The van der Waals surface area contributed by atoms with E-state index < -0.39 is 0 Å². The zero-order valence-corrected chi connectivity index (χ0v) is 10.1. The van der Waals surface area contributed by atoms with E-state index in [0.29, 0.717) is 0 Å². The molecule has 0 saturated carbocycles. The minimum Gasteiger partial charge on any atom is -0.324 e. The largest absolute Gasteiger partial charge is 0.324 e. The molecule has 0 bridgehead atoms. The minimum atomic E-state index is 0.124. The van der Waals surface area contributed by atoms with Gasteiger partial charge in [0, 0.05) is 10.9 Å². The Balaban J connectivity index is 2.46. The number of benzene rings is 1. The van der Waals surface area contributed by atoms with Crippen LogP contribution in [0.25, 0.3) is 0 Å². The first-order valence-corrected chi connectivity index (χ1v) is 6.32. The molecule has 0 saturated heterocycles. The van der Waals surface area contributed by atoms with Gasteiger partial charge in [-0.25, -0.2) is 0 Å². The maximum Gasteiger partial charge on any atom is 0.0266 e. The number of nitrogens with two attached hydrogens (primary N) is 1. The maximum atomic E-state index is 5.84. The molecule has 1 nitrogen and oxygen atoms in total. The molecule has 1 aromatic carbocycles. The lowest BCUT2D eigenvalue weighted by molar-refractivity contribution is 0.814. The van der Waals surface area contributed by atoms with Gasteiger partial charge in [-0.05, 0) is 43.2 Å². The second kappa shape index (κ2) is 6.70. The summed E-state index contributed by atoms with van der Waals surface area (Å²) in [5.41, 5.74) is 7.05. The van der Waals surface area contributed by atoms with Crippen molar-refractivity contribution in [2.45, 2.75) is 30.7 Å². The molecule has 0 amide bonds. The molecule has 1 aromatic rings. The number of rotatable bonds is 6. The predicted molar refractivity (Wildman–Crippen MR) is 69.2 cm³/mol. The van der Waals surface area contributed by atoms with Gasteiger partial charge in [0.1, 0.15) is 0 Å². The average molecular weight is 221 g/mol. The van der Waals surface area contributed by atoms with E-state index in [-0.39, 0.29) is 6.04 Å². The van der Waals surface area contributed by atoms with E-state index in [2.05, 4.69) is 30.8 Å². The van der Waals surface area contributed by atoms with Crippen molar-refractivity contribution in [2.24, 2.45) is 5.73 Å². The van der Waals surface area contributed by atoms with Gasteiger partial charge in [-0.1, -0.05) is 18.2 Å². The van der Waals surface area contributed by atoms with Crippen LogP contribution in [0, 0.1) is 0 Å². The summed E-state index contributed by atoms with van der Waals surface area (Å²) in [7, 11) is 0. The van der Waals surface area contributed by atoms with Gasteiger partial charge in [0.05, 0.1) is 0 Å². The van der Waals surface area contributed by atoms with Crippen molar-refractivity contribution < 1.29 is 0 Å². The van der Waals surface area contributed by atoms with E-state index in [1.165, 1.54) is 16.9 Å². The van der Waals surface area contributed by atoms with Crippen LogP contribution in [0.4, 0.5) is 0 Å². The quantitative estimate of drug-likeness (QED) is 0.449. The van der Waals surface area contributed by atoms with Crippen molar-refractivity contribution in [3.05, 3.63) is 42.5 Å². The summed E-state index contributed by atoms with van der Waals surface area (Å²) in [5.74, 6) is 1.15. The Hall–Kier alpha value is -0.730. The van der Waals surface area contributed by atoms with Crippen LogP contribution in [-0.4, -0.2) is 5.75 Å². The second-order valence-electron chi connectivity index (χ2n) is 3.64. The highest BCUT2D eigenvalue weighted by Gasteiger charge is 2.00. The van der Waals surface area contributed by atoms with Crippen molar-refractivity contribution in [3.63, 3.8) is 0 Å². The summed E-state index contributed by atoms with van der Waals surface area (Å²) < 4.78 is 0. The first-order chi connectivity index (χ1) is 7.24. The molecule has 0 fully saturated rings. The van der Waals surface area contributed by atoms with Crippen LogP contribution in [0.5, 0.6) is 0 Å². The van der Waals surface area contributed by atoms with E-state index >= 15 is 0 Å². The van der Waals surface area contributed by atoms with Crippen molar-refractivity contribution in [2.75, 3.05) is 5.75 Å². The van der Waals surface area contributed by atoms with Gasteiger partial charge < -0.3 is 5.73 Å². The first-order valence-electron chi connectivity index (χ1n) is 5.33. The Bertz CT molecular complexity index is 307. The molecule has 0 aliphatic heterocycles. The van der Waals surface area contributed by atoms with E-state index in [4.69, 9.17) is 5.73 Å². The number of unbranched alkanes of at least 4 members (excludes halogenated alkanes) is 1. The normalized spacial score (nSPS) is 12.4. The molecular formula is C13H19NS. The Labute approximate surface area is 96.8 Å². The van der Waals surface area contributed by atoms with Crippen molar-refractivity contribution in [1.82, 2.24) is 0 Å². The van der Waals surface area contributed by atoms with E-state index in [1.807, 2.05) is 24.8 Å². The van der Waals surface area contributed by atoms with Crippen LogP contribution in [-0.2, 0) is 0 Å². The third kappa shape index (κ3) is 4.54. The highest BCUT2D eigenvalue weighted by molar-refractivity contribution is 7.99. The van der Waals surface area contributed by atoms with Gasteiger partial charge in [0.15, 0.2) is 0 Å². The van der Waals surface area contributed by atoms with E-state index in [0.717, 1.165) is 12.2 Å². The molecule has 2 N–H and O–H groups in total. The molecule has 0 aliphatic rings. The maximum absolute atomic E-state index is 5.84. The summed E-state index contributed by atoms with van der Waals surface area (Å²) in [4.78, 5) is 1.31. The molecule has 15 heavy (non-hydrogen) atoms. The Morgan fingerprint density at radius 1 is 1.53 bits per heavy atom. The average Bonchev–Trinajstić information content (AvgIpc) is 2.25. The summed E-state index contributed by atoms with van der Waals surface area (Å²) in [6.45, 7) is 5.73. The Kier molecular flexibility index (Phi) is 5.51. The fraction of sp³-hybridized carbons (Fsp3) is 0.385. The number of hydrogen-bond acceptors (Lipinski definition) is 2. The summed E-state index contributed by atoms with van der Waals surface area (Å²) >= 11 is 1.89. The molecule has 1 rings (SSSR count). The van der Waals surface area contributed by atoms with Gasteiger partial charge in [-0.3, -0.25) is 0 Å². The van der Waals surface area contributed by atoms with Gasteiger partial charge in [0.25, 0.3) is 0 Å². The number of thioether (sulfide) groups is 1. The zero-order valence-electron chi connectivity index (χ0n) is 9.28. The highest BCUT2D eigenvalue weighted by Crippen LogP contribution is 2.22. The van der Waals surface area contributed by atoms with Crippen LogP contribution >= 0.6 is 11.8 Å². The number of hydrogen-bond donors (Lipinski definition) is 1. The third-order valence-electron chi connectivity index (χ3n) is 2.21. The highest BCUT2D eigenvalue weighted by atomic mass is 32.2. The Morgan fingerprint density at radius 2 is 2.33 bits per heavy atom. The smallest absolute Gasteiger partial charge is 0.0266 e. The monoisotopic (exact) mass is 221 g/mol. The molecule has 0 aromatic heterocycles. The van der Waals surface area contributed by atoms with Gasteiger partial charge in [-0.15, -0.1) is 18.3 Å². The van der Waals surface area contributed by atoms with Crippen LogP contribution in [0.3, 0.4) is 0 Å². The topological polar surface area (TPSA) is 26.0 Å². The van der Waals surface area contributed by atoms with Crippen LogP contribution in [0.1, 0.15) is 31.4 Å². The summed E-state index contributed by atoms with van der Waals surface area (Å²) in [5, 5.41) is 0. The van der Waals surface area contributed by atoms with Crippen LogP contribution in [0.15, 0.2) is 41.8 Å². The third-order valence-corrected chi connectivity index (χ3v) is 3.29. The lowest BCUT2D eigenvalue weighted by atomic mass is 10.1. The first kappa shape index (κ1) is 12.3. The zero-order chi connectivity index (χ0) is 11.1. The van der Waals surface area contributed by atoms with E-state index in [1.54, 1.807) is 0 Å². The van der Waals surface area contributed by atoms with Crippen molar-refractivity contribution in [1.29, 1.82) is 0 Å². The Morgan fingerprint density at radius 3 is 3.00 bits per heavy atom. The van der Waals surface area contributed by atoms with Crippen molar-refractivity contribution >= 4 is 11.8 Å². The van der Waals surface area contributed by atoms with Gasteiger partial charge in [0.2, 0.25) is 0 Å². The van der Waals surface area contributed by atoms with Crippen molar-refractivity contribution in [3.8, 4) is 0 Å². The molecule has 0 radical (unpaired) electrons. The molecule has 0 aliphatic carbocycles. The summed E-state index contributed by atoms with van der Waals surface area (Å²) in [6, 6.07) is 8.61. The predicted octanol–water partition coefficient (Wildman–Crippen LogP) is 3.76. The fourth-order valence-electron chi connectivity index (χ4n) is 1.31. The summed E-state index contributed by atoms with van der Waals surface area (Å²) in [6.07, 6.45) is 4.26. The van der Waals surface area contributed by atoms with E-state index in [9.17, 15) is 0 Å². The van der Waals surface area contributed by atoms with Gasteiger partial charge in [-0.2, -0.15) is 0 Å². The minimum absolute atomic E-state index is 0.124. The van der Waals surface area contributed by atoms with Gasteiger partial charge >= 0.3 is 0 Å². The molecular weight excluding hydrogens is 202 g/mol. The molecule has 82 valence electrons. The fourth-order valence-corrected chi connectivity index (χ4v) is 2.25. The molecule has 1 atom stereocenters. The molecule has 1 unspecified atom stereocenters.